The summed E-state index contributed by atoms with van der Waals surface area (Å²) in [5.41, 5.74) is 2.23. The van der Waals surface area contributed by atoms with Crippen LogP contribution in [0.4, 0.5) is 0 Å². The van der Waals surface area contributed by atoms with E-state index in [0.717, 1.165) is 29.2 Å². The van der Waals surface area contributed by atoms with Crippen molar-refractivity contribution in [3.8, 4) is 11.5 Å². The third-order valence-electron chi connectivity index (χ3n) is 2.96. The van der Waals surface area contributed by atoms with E-state index >= 15 is 0 Å². The van der Waals surface area contributed by atoms with Gasteiger partial charge in [-0.1, -0.05) is 49.7 Å². The lowest BCUT2D eigenvalue weighted by molar-refractivity contribution is 0.469. The molecule has 106 valence electrons. The van der Waals surface area contributed by atoms with Crippen LogP contribution in [0.25, 0.3) is 0 Å². The molecule has 2 aromatic rings. The van der Waals surface area contributed by atoms with Crippen LogP contribution in [-0.2, 0) is 6.54 Å². The maximum atomic E-state index is 6.28. The smallest absolute Gasteiger partial charge is 0.150 e. The van der Waals surface area contributed by atoms with Crippen molar-refractivity contribution < 1.29 is 4.74 Å². The van der Waals surface area contributed by atoms with E-state index < -0.39 is 0 Å². The van der Waals surface area contributed by atoms with Gasteiger partial charge in [0.1, 0.15) is 11.5 Å². The third kappa shape index (κ3) is 3.99. The van der Waals surface area contributed by atoms with Gasteiger partial charge in [-0.25, -0.2) is 0 Å². The molecule has 0 aliphatic rings. The molecule has 0 saturated heterocycles. The van der Waals surface area contributed by atoms with Crippen LogP contribution in [0.1, 0.15) is 25.0 Å². The summed E-state index contributed by atoms with van der Waals surface area (Å²) in [6, 6.07) is 14.2. The van der Waals surface area contributed by atoms with Crippen LogP contribution in [0.5, 0.6) is 11.5 Å². The van der Waals surface area contributed by atoms with Crippen LogP contribution in [0.3, 0.4) is 0 Å². The first-order valence-corrected chi connectivity index (χ1v) is 7.19. The first kappa shape index (κ1) is 14.9. The number of rotatable bonds is 5. The highest BCUT2D eigenvalue weighted by Crippen LogP contribution is 2.33. The molecular formula is C17H20ClNO. The van der Waals surface area contributed by atoms with Crippen LogP contribution < -0.4 is 10.1 Å². The molecular weight excluding hydrogens is 270 g/mol. The van der Waals surface area contributed by atoms with E-state index in [0.29, 0.717) is 11.1 Å². The Balaban J connectivity index is 2.25. The van der Waals surface area contributed by atoms with Gasteiger partial charge in [0.15, 0.2) is 0 Å². The average molecular weight is 290 g/mol. The molecule has 2 aromatic carbocycles. The summed E-state index contributed by atoms with van der Waals surface area (Å²) in [7, 11) is 0. The topological polar surface area (TPSA) is 21.3 Å². The molecule has 2 nitrogen and oxygen atoms in total. The lowest BCUT2D eigenvalue weighted by Gasteiger charge is -2.15. The van der Waals surface area contributed by atoms with Gasteiger partial charge in [0.2, 0.25) is 0 Å². The monoisotopic (exact) mass is 289 g/mol. The van der Waals surface area contributed by atoms with Crippen LogP contribution in [0.15, 0.2) is 42.5 Å². The molecule has 0 amide bonds. The average Bonchev–Trinajstić information content (AvgIpc) is 2.39. The minimum absolute atomic E-state index is 0.417. The fourth-order valence-corrected chi connectivity index (χ4v) is 2.15. The molecule has 0 heterocycles. The molecule has 0 atom stereocenters. The number of hydrogen-bond donors (Lipinski definition) is 1. The van der Waals surface area contributed by atoms with Crippen molar-refractivity contribution in [2.75, 3.05) is 0 Å². The van der Waals surface area contributed by atoms with E-state index in [1.165, 1.54) is 0 Å². The summed E-state index contributed by atoms with van der Waals surface area (Å²) in [4.78, 5) is 0. The first-order chi connectivity index (χ1) is 9.56. The van der Waals surface area contributed by atoms with Crippen molar-refractivity contribution in [2.24, 2.45) is 0 Å². The molecule has 0 bridgehead atoms. The Morgan fingerprint density at radius 1 is 1.15 bits per heavy atom. The van der Waals surface area contributed by atoms with Crippen LogP contribution >= 0.6 is 11.6 Å². The minimum Gasteiger partial charge on any atom is -0.455 e. The normalized spacial score (nSPS) is 10.8. The SMILES string of the molecule is Cc1cccc(Oc2c(Cl)cccc2CNC(C)C)c1. The molecule has 0 radical (unpaired) electrons. The maximum absolute atomic E-state index is 6.28. The summed E-state index contributed by atoms with van der Waals surface area (Å²) < 4.78 is 5.98. The molecule has 20 heavy (non-hydrogen) atoms. The lowest BCUT2D eigenvalue weighted by Crippen LogP contribution is -2.22. The van der Waals surface area contributed by atoms with Gasteiger partial charge in [-0.15, -0.1) is 0 Å². The standard InChI is InChI=1S/C17H20ClNO/c1-12(2)19-11-14-7-5-9-16(18)17(14)20-15-8-4-6-13(3)10-15/h4-10,12,19H,11H2,1-3H3. The van der Waals surface area contributed by atoms with Gasteiger partial charge in [-0.3, -0.25) is 0 Å². The lowest BCUT2D eigenvalue weighted by atomic mass is 10.2. The van der Waals surface area contributed by atoms with Gasteiger partial charge in [0, 0.05) is 18.2 Å². The Bertz CT molecular complexity index is 581. The second-order valence-electron chi connectivity index (χ2n) is 5.18. The Kier molecular flexibility index (Phi) is 5.05. The van der Waals surface area contributed by atoms with E-state index in [2.05, 4.69) is 19.2 Å². The zero-order valence-electron chi connectivity index (χ0n) is 12.1. The van der Waals surface area contributed by atoms with Gasteiger partial charge in [0.05, 0.1) is 5.02 Å². The van der Waals surface area contributed by atoms with Gasteiger partial charge in [-0.2, -0.15) is 0 Å². The molecule has 0 spiro atoms. The maximum Gasteiger partial charge on any atom is 0.150 e. The molecule has 2 rings (SSSR count). The molecule has 0 unspecified atom stereocenters. The zero-order valence-corrected chi connectivity index (χ0v) is 12.9. The minimum atomic E-state index is 0.417. The third-order valence-corrected chi connectivity index (χ3v) is 3.26. The number of benzene rings is 2. The van der Waals surface area contributed by atoms with Crippen molar-refractivity contribution in [3.63, 3.8) is 0 Å². The Morgan fingerprint density at radius 2 is 1.90 bits per heavy atom. The fraction of sp³-hybridized carbons (Fsp3) is 0.294. The molecule has 0 aromatic heterocycles. The van der Waals surface area contributed by atoms with Crippen molar-refractivity contribution in [1.29, 1.82) is 0 Å². The van der Waals surface area contributed by atoms with Gasteiger partial charge in [-0.05, 0) is 30.7 Å². The highest BCUT2D eigenvalue weighted by atomic mass is 35.5. The van der Waals surface area contributed by atoms with E-state index in [4.69, 9.17) is 16.3 Å². The highest BCUT2D eigenvalue weighted by Gasteiger charge is 2.10. The van der Waals surface area contributed by atoms with Crippen molar-refractivity contribution >= 4 is 11.6 Å². The van der Waals surface area contributed by atoms with E-state index in [-0.39, 0.29) is 0 Å². The van der Waals surface area contributed by atoms with Crippen molar-refractivity contribution in [2.45, 2.75) is 33.4 Å². The number of nitrogens with one attached hydrogen (secondary N) is 1. The zero-order chi connectivity index (χ0) is 14.5. The van der Waals surface area contributed by atoms with E-state index in [9.17, 15) is 0 Å². The summed E-state index contributed by atoms with van der Waals surface area (Å²) in [6.45, 7) is 7.01. The van der Waals surface area contributed by atoms with E-state index in [1.807, 2.05) is 49.4 Å². The van der Waals surface area contributed by atoms with Crippen molar-refractivity contribution in [3.05, 3.63) is 58.6 Å². The van der Waals surface area contributed by atoms with Gasteiger partial charge < -0.3 is 10.1 Å². The van der Waals surface area contributed by atoms with Crippen molar-refractivity contribution in [1.82, 2.24) is 5.32 Å². The molecule has 1 N–H and O–H groups in total. The largest absolute Gasteiger partial charge is 0.455 e. The number of halogens is 1. The molecule has 0 aliphatic carbocycles. The molecule has 3 heteroatoms. The second kappa shape index (κ2) is 6.78. The second-order valence-corrected chi connectivity index (χ2v) is 5.59. The first-order valence-electron chi connectivity index (χ1n) is 6.81. The van der Waals surface area contributed by atoms with Crippen LogP contribution in [-0.4, -0.2) is 6.04 Å². The predicted octanol–water partition coefficient (Wildman–Crippen LogP) is 4.94. The molecule has 0 fully saturated rings. The quantitative estimate of drug-likeness (QED) is 0.842. The van der Waals surface area contributed by atoms with Gasteiger partial charge >= 0.3 is 0 Å². The fourth-order valence-electron chi connectivity index (χ4n) is 1.92. The number of para-hydroxylation sites is 1. The molecule has 0 aliphatic heterocycles. The summed E-state index contributed by atoms with van der Waals surface area (Å²) in [5.74, 6) is 1.54. The van der Waals surface area contributed by atoms with Crippen LogP contribution in [0.2, 0.25) is 5.02 Å². The van der Waals surface area contributed by atoms with Gasteiger partial charge in [0.25, 0.3) is 0 Å². The Morgan fingerprint density at radius 3 is 2.60 bits per heavy atom. The molecule has 0 saturated carbocycles. The number of hydrogen-bond acceptors (Lipinski definition) is 2. The predicted molar refractivity (Wildman–Crippen MR) is 84.7 cm³/mol. The van der Waals surface area contributed by atoms with Crippen LogP contribution in [0, 0.1) is 6.92 Å². The van der Waals surface area contributed by atoms with E-state index in [1.54, 1.807) is 0 Å². The Labute approximate surface area is 125 Å². The summed E-state index contributed by atoms with van der Waals surface area (Å²) in [6.07, 6.45) is 0. The summed E-state index contributed by atoms with van der Waals surface area (Å²) >= 11 is 6.28. The number of ether oxygens (including phenoxy) is 1. The Hall–Kier alpha value is -1.51. The number of aryl methyl sites for hydroxylation is 1. The summed E-state index contributed by atoms with van der Waals surface area (Å²) in [5, 5.41) is 4.02. The highest BCUT2D eigenvalue weighted by molar-refractivity contribution is 6.32.